The van der Waals surface area contributed by atoms with Crippen molar-refractivity contribution in [1.29, 1.82) is 0 Å². The van der Waals surface area contributed by atoms with Gasteiger partial charge < -0.3 is 4.74 Å². The number of aryl methyl sites for hydroxylation is 2. The second kappa shape index (κ2) is 8.91. The van der Waals surface area contributed by atoms with Gasteiger partial charge in [-0.15, -0.1) is 0 Å². The molecule has 1 saturated heterocycles. The number of fused-ring (bicyclic) bond motifs is 1. The molecule has 0 aliphatic carbocycles. The smallest absolute Gasteiger partial charge is 0.120 e. The van der Waals surface area contributed by atoms with Gasteiger partial charge >= 0.3 is 0 Å². The van der Waals surface area contributed by atoms with Crippen molar-refractivity contribution in [3.63, 3.8) is 0 Å². The molecule has 0 bridgehead atoms. The summed E-state index contributed by atoms with van der Waals surface area (Å²) in [6.45, 7) is 6.79. The topological polar surface area (TPSA) is 79.8 Å². The van der Waals surface area contributed by atoms with Crippen molar-refractivity contribution in [3.05, 3.63) is 60.0 Å². The van der Waals surface area contributed by atoms with Crippen LogP contribution in [0.25, 0.3) is 33.7 Å². The Morgan fingerprint density at radius 3 is 2.81 bits per heavy atom. The molecule has 0 amide bonds. The molecule has 0 spiro atoms. The van der Waals surface area contributed by atoms with E-state index in [2.05, 4.69) is 31.1 Å². The largest absolute Gasteiger partial charge is 0.379 e. The Hall–Kier alpha value is -3.16. The van der Waals surface area contributed by atoms with Gasteiger partial charge in [-0.05, 0) is 62.2 Å². The van der Waals surface area contributed by atoms with E-state index in [1.54, 1.807) is 0 Å². The molecule has 1 aliphatic heterocycles. The molecule has 0 unspecified atom stereocenters. The summed E-state index contributed by atoms with van der Waals surface area (Å²) in [7, 11) is 0. The van der Waals surface area contributed by atoms with Crippen molar-refractivity contribution in [1.82, 2.24) is 30.0 Å². The van der Waals surface area contributed by atoms with Gasteiger partial charge in [0.1, 0.15) is 5.69 Å². The van der Waals surface area contributed by atoms with Gasteiger partial charge in [0.25, 0.3) is 0 Å². The van der Waals surface area contributed by atoms with Gasteiger partial charge in [-0.25, -0.2) is 4.98 Å². The summed E-state index contributed by atoms with van der Waals surface area (Å²) in [5.74, 6) is 0. The predicted octanol–water partition coefficient (Wildman–Crippen LogP) is 3.66. The number of morpholine rings is 1. The van der Waals surface area contributed by atoms with Gasteiger partial charge in [-0.3, -0.25) is 20.0 Å². The van der Waals surface area contributed by atoms with Crippen LogP contribution in [-0.4, -0.2) is 62.9 Å². The first kappa shape index (κ1) is 19.8. The van der Waals surface area contributed by atoms with Crippen LogP contribution in [0.15, 0.2) is 48.8 Å². The number of pyridine rings is 3. The molecule has 5 heterocycles. The third-order valence-corrected chi connectivity index (χ3v) is 5.74. The highest BCUT2D eigenvalue weighted by Crippen LogP contribution is 2.29. The van der Waals surface area contributed by atoms with E-state index in [1.165, 1.54) is 5.56 Å². The fraction of sp³-hybridized carbons (Fsp3) is 0.333. The first-order chi connectivity index (χ1) is 15.3. The quantitative estimate of drug-likeness (QED) is 0.519. The second-order valence-corrected chi connectivity index (χ2v) is 7.90. The molecule has 1 aliphatic rings. The average Bonchev–Trinajstić information content (AvgIpc) is 3.30. The lowest BCUT2D eigenvalue weighted by atomic mass is 10.1. The van der Waals surface area contributed by atoms with Gasteiger partial charge in [0, 0.05) is 36.7 Å². The summed E-state index contributed by atoms with van der Waals surface area (Å²) >= 11 is 0. The highest BCUT2D eigenvalue weighted by Gasteiger charge is 2.15. The van der Waals surface area contributed by atoms with E-state index in [4.69, 9.17) is 9.72 Å². The number of aromatic nitrogens is 5. The summed E-state index contributed by atoms with van der Waals surface area (Å²) in [5.41, 5.74) is 7.56. The molecule has 7 heteroatoms. The molecule has 0 atom stereocenters. The van der Waals surface area contributed by atoms with E-state index in [9.17, 15) is 0 Å². The van der Waals surface area contributed by atoms with Crippen LogP contribution >= 0.6 is 0 Å². The molecular formula is C24H26N6O. The van der Waals surface area contributed by atoms with Crippen molar-refractivity contribution >= 4 is 11.0 Å². The van der Waals surface area contributed by atoms with Crippen LogP contribution < -0.4 is 0 Å². The van der Waals surface area contributed by atoms with Crippen molar-refractivity contribution in [2.24, 2.45) is 0 Å². The molecule has 5 rings (SSSR count). The van der Waals surface area contributed by atoms with Gasteiger partial charge in [-0.2, -0.15) is 5.10 Å². The summed E-state index contributed by atoms with van der Waals surface area (Å²) in [5, 5.41) is 7.44. The number of nitrogens with one attached hydrogen (secondary N) is 1. The van der Waals surface area contributed by atoms with E-state index in [-0.39, 0.29) is 0 Å². The fourth-order valence-corrected chi connectivity index (χ4v) is 4.10. The summed E-state index contributed by atoms with van der Waals surface area (Å²) in [6, 6.07) is 12.1. The van der Waals surface area contributed by atoms with Gasteiger partial charge in [0.05, 0.1) is 35.6 Å². The number of aromatic amines is 1. The lowest BCUT2D eigenvalue weighted by Gasteiger charge is -2.26. The van der Waals surface area contributed by atoms with Crippen molar-refractivity contribution < 1.29 is 4.74 Å². The maximum absolute atomic E-state index is 5.45. The predicted molar refractivity (Wildman–Crippen MR) is 121 cm³/mol. The zero-order chi connectivity index (χ0) is 21.0. The molecule has 4 aromatic heterocycles. The van der Waals surface area contributed by atoms with Crippen LogP contribution in [0.4, 0.5) is 0 Å². The van der Waals surface area contributed by atoms with Gasteiger partial charge in [0.15, 0.2) is 0 Å². The Morgan fingerprint density at radius 2 is 1.94 bits per heavy atom. The zero-order valence-corrected chi connectivity index (χ0v) is 17.7. The summed E-state index contributed by atoms with van der Waals surface area (Å²) < 4.78 is 5.45. The van der Waals surface area contributed by atoms with E-state index in [0.29, 0.717) is 0 Å². The van der Waals surface area contributed by atoms with E-state index >= 15 is 0 Å². The molecular weight excluding hydrogens is 388 g/mol. The van der Waals surface area contributed by atoms with E-state index in [0.717, 1.165) is 85.1 Å². The third kappa shape index (κ3) is 4.33. The van der Waals surface area contributed by atoms with Crippen molar-refractivity contribution in [2.45, 2.75) is 19.8 Å². The maximum Gasteiger partial charge on any atom is 0.120 e. The number of rotatable bonds is 6. The number of ether oxygens (including phenoxy) is 1. The molecule has 0 aromatic carbocycles. The van der Waals surface area contributed by atoms with Crippen molar-refractivity contribution in [3.8, 4) is 22.6 Å². The first-order valence-electron chi connectivity index (χ1n) is 10.8. The van der Waals surface area contributed by atoms with Gasteiger partial charge in [0.2, 0.25) is 0 Å². The van der Waals surface area contributed by atoms with Crippen LogP contribution in [0.1, 0.15) is 17.7 Å². The van der Waals surface area contributed by atoms with Crippen LogP contribution in [0.5, 0.6) is 0 Å². The third-order valence-electron chi connectivity index (χ3n) is 5.74. The number of hydrogen-bond donors (Lipinski definition) is 1. The highest BCUT2D eigenvalue weighted by molar-refractivity contribution is 5.84. The average molecular weight is 415 g/mol. The van der Waals surface area contributed by atoms with Crippen LogP contribution in [0, 0.1) is 6.92 Å². The van der Waals surface area contributed by atoms with Gasteiger partial charge in [-0.1, -0.05) is 6.07 Å². The minimum atomic E-state index is 0.813. The Labute approximate surface area is 181 Å². The second-order valence-electron chi connectivity index (χ2n) is 7.90. The maximum atomic E-state index is 5.45. The van der Waals surface area contributed by atoms with Crippen LogP contribution in [-0.2, 0) is 11.2 Å². The monoisotopic (exact) mass is 414 g/mol. The normalized spacial score (nSPS) is 14.9. The first-order valence-corrected chi connectivity index (χ1v) is 10.8. The minimum Gasteiger partial charge on any atom is -0.379 e. The van der Waals surface area contributed by atoms with E-state index < -0.39 is 0 Å². The lowest BCUT2D eigenvalue weighted by Crippen LogP contribution is -2.36. The standard InChI is InChI=1S/C24H26N6O/c1-17-4-2-6-22(27-17)24-19(16-26-29-24)20-7-8-21-23(28-20)18(9-10-25-21)5-3-11-30-12-14-31-15-13-30/h2,4,6-10,16H,3,5,11-15H2,1H3,(H,26,29). The molecule has 1 N–H and O–H groups in total. The Balaban J connectivity index is 1.42. The Kier molecular flexibility index (Phi) is 5.69. The molecule has 158 valence electrons. The summed E-state index contributed by atoms with van der Waals surface area (Å²) in [6.07, 6.45) is 5.84. The number of hydrogen-bond acceptors (Lipinski definition) is 6. The molecule has 7 nitrogen and oxygen atoms in total. The van der Waals surface area contributed by atoms with Crippen LogP contribution in [0.3, 0.4) is 0 Å². The van der Waals surface area contributed by atoms with Crippen LogP contribution in [0.2, 0.25) is 0 Å². The number of nitrogens with zero attached hydrogens (tertiary/aromatic N) is 5. The highest BCUT2D eigenvalue weighted by atomic mass is 16.5. The van der Waals surface area contributed by atoms with E-state index in [1.807, 2.05) is 49.6 Å². The molecule has 31 heavy (non-hydrogen) atoms. The lowest BCUT2D eigenvalue weighted by molar-refractivity contribution is 0.0375. The minimum absolute atomic E-state index is 0.813. The molecule has 1 fully saturated rings. The van der Waals surface area contributed by atoms with Crippen molar-refractivity contribution in [2.75, 3.05) is 32.8 Å². The molecule has 4 aromatic rings. The Bertz CT molecular complexity index is 1180. The molecule has 0 radical (unpaired) electrons. The SMILES string of the molecule is Cc1cccc(-c2n[nH]cc2-c2ccc3nccc(CCCN4CCOCC4)c3n2)n1. The molecule has 0 saturated carbocycles. The zero-order valence-electron chi connectivity index (χ0n) is 17.7. The summed E-state index contributed by atoms with van der Waals surface area (Å²) in [4.78, 5) is 16.6. The number of H-pyrrole nitrogens is 1. The fourth-order valence-electron chi connectivity index (χ4n) is 4.10. The Morgan fingerprint density at radius 1 is 1.03 bits per heavy atom.